The molecule has 1 aromatic carbocycles. The number of benzene rings is 1. The second-order valence-corrected chi connectivity index (χ2v) is 4.21. The molecule has 0 amide bonds. The fraction of sp³-hybridized carbons (Fsp3) is 0. The van der Waals surface area contributed by atoms with Crippen molar-refractivity contribution in [2.45, 2.75) is 0 Å². The minimum atomic E-state index is -0.606. The Hall–Kier alpha value is -0.840. The third-order valence-corrected chi connectivity index (χ3v) is 2.90. The van der Waals surface area contributed by atoms with E-state index in [0.717, 1.165) is 0 Å². The van der Waals surface area contributed by atoms with E-state index in [1.165, 1.54) is 23.5 Å². The lowest BCUT2D eigenvalue weighted by Gasteiger charge is -2.03. The average molecular weight is 264 g/mol. The van der Waals surface area contributed by atoms with Crippen molar-refractivity contribution in [2.75, 3.05) is 0 Å². The van der Waals surface area contributed by atoms with Crippen LogP contribution >= 0.6 is 34.5 Å². The Kier molecular flexibility index (Phi) is 3.09. The summed E-state index contributed by atoms with van der Waals surface area (Å²) in [7, 11) is 0. The second-order valence-electron chi connectivity index (χ2n) is 2.59. The van der Waals surface area contributed by atoms with E-state index in [9.17, 15) is 4.39 Å². The van der Waals surface area contributed by atoms with E-state index in [0.29, 0.717) is 5.15 Å². The first kappa shape index (κ1) is 10.7. The molecule has 2 rings (SSSR count). The number of hydrogen-bond acceptors (Lipinski definition) is 3. The molecule has 1 aromatic heterocycles. The third kappa shape index (κ3) is 2.40. The Labute approximate surface area is 99.2 Å². The number of ether oxygens (including phenoxy) is 1. The number of halogens is 3. The number of hydrogen-bond donors (Lipinski definition) is 0. The van der Waals surface area contributed by atoms with Gasteiger partial charge in [0.25, 0.3) is 5.19 Å². The fourth-order valence-electron chi connectivity index (χ4n) is 0.943. The van der Waals surface area contributed by atoms with Gasteiger partial charge in [-0.05, 0) is 12.1 Å². The van der Waals surface area contributed by atoms with Crippen LogP contribution in [0.15, 0.2) is 23.6 Å². The van der Waals surface area contributed by atoms with Crippen molar-refractivity contribution in [3.8, 4) is 10.9 Å². The first-order valence-corrected chi connectivity index (χ1v) is 5.53. The van der Waals surface area contributed by atoms with Crippen LogP contribution in [0.2, 0.25) is 10.2 Å². The van der Waals surface area contributed by atoms with E-state index >= 15 is 0 Å². The lowest BCUT2D eigenvalue weighted by molar-refractivity contribution is 0.440. The molecule has 0 atom stereocenters. The van der Waals surface area contributed by atoms with Crippen molar-refractivity contribution in [1.29, 1.82) is 0 Å². The molecule has 1 heterocycles. The monoisotopic (exact) mass is 263 g/mol. The van der Waals surface area contributed by atoms with Crippen LogP contribution in [0.25, 0.3) is 0 Å². The van der Waals surface area contributed by atoms with Gasteiger partial charge in [-0.3, -0.25) is 0 Å². The summed E-state index contributed by atoms with van der Waals surface area (Å²) in [4.78, 5) is 3.83. The molecule has 0 fully saturated rings. The number of aromatic nitrogens is 1. The van der Waals surface area contributed by atoms with Gasteiger partial charge in [-0.1, -0.05) is 40.6 Å². The van der Waals surface area contributed by atoms with Crippen LogP contribution in [-0.2, 0) is 0 Å². The molecule has 0 aliphatic carbocycles. The quantitative estimate of drug-likeness (QED) is 0.802. The van der Waals surface area contributed by atoms with E-state index in [-0.39, 0.29) is 16.0 Å². The molecule has 0 spiro atoms. The molecule has 0 aliphatic heterocycles. The normalized spacial score (nSPS) is 10.3. The van der Waals surface area contributed by atoms with Gasteiger partial charge >= 0.3 is 0 Å². The van der Waals surface area contributed by atoms with Crippen molar-refractivity contribution in [1.82, 2.24) is 4.98 Å². The van der Waals surface area contributed by atoms with Crippen molar-refractivity contribution >= 4 is 34.5 Å². The molecule has 2 nitrogen and oxygen atoms in total. The predicted octanol–water partition coefficient (Wildman–Crippen LogP) is 4.38. The molecule has 0 aliphatic rings. The molecule has 2 aromatic rings. The van der Waals surface area contributed by atoms with E-state index in [2.05, 4.69) is 4.98 Å². The van der Waals surface area contributed by atoms with Gasteiger partial charge in [0.2, 0.25) is 0 Å². The zero-order valence-electron chi connectivity index (χ0n) is 7.21. The molecule has 0 saturated carbocycles. The van der Waals surface area contributed by atoms with Crippen molar-refractivity contribution in [2.24, 2.45) is 0 Å². The van der Waals surface area contributed by atoms with Gasteiger partial charge in [-0.25, -0.2) is 4.39 Å². The van der Waals surface area contributed by atoms with Crippen molar-refractivity contribution in [3.63, 3.8) is 0 Å². The molecule has 0 radical (unpaired) electrons. The highest BCUT2D eigenvalue weighted by Crippen LogP contribution is 2.31. The first-order chi connectivity index (χ1) is 7.16. The van der Waals surface area contributed by atoms with Gasteiger partial charge in [0.1, 0.15) is 5.15 Å². The molecule has 0 bridgehead atoms. The van der Waals surface area contributed by atoms with Gasteiger partial charge < -0.3 is 4.74 Å². The summed E-state index contributed by atoms with van der Waals surface area (Å²) >= 11 is 12.4. The van der Waals surface area contributed by atoms with E-state index < -0.39 is 5.82 Å². The zero-order chi connectivity index (χ0) is 10.8. The highest BCUT2D eigenvalue weighted by atomic mass is 35.5. The van der Waals surface area contributed by atoms with Crippen LogP contribution in [0.4, 0.5) is 4.39 Å². The SMILES string of the molecule is Fc1c(Cl)cccc1Oc1nc(Cl)cs1. The fourth-order valence-corrected chi connectivity index (χ4v) is 1.91. The Morgan fingerprint density at radius 2 is 2.13 bits per heavy atom. The van der Waals surface area contributed by atoms with E-state index in [4.69, 9.17) is 27.9 Å². The number of nitrogens with zero attached hydrogens (tertiary/aromatic N) is 1. The average Bonchev–Trinajstić information content (AvgIpc) is 2.59. The van der Waals surface area contributed by atoms with Crippen LogP contribution in [-0.4, -0.2) is 4.98 Å². The number of rotatable bonds is 2. The molecule has 0 N–H and O–H groups in total. The Bertz CT molecular complexity index is 489. The maximum atomic E-state index is 13.4. The van der Waals surface area contributed by atoms with Gasteiger partial charge in [0, 0.05) is 5.38 Å². The highest BCUT2D eigenvalue weighted by molar-refractivity contribution is 7.11. The van der Waals surface area contributed by atoms with Crippen molar-refractivity contribution in [3.05, 3.63) is 39.6 Å². The van der Waals surface area contributed by atoms with E-state index in [1.807, 2.05) is 0 Å². The molecular weight excluding hydrogens is 260 g/mol. The minimum absolute atomic E-state index is 0.00940. The molecule has 0 unspecified atom stereocenters. The molecule has 6 heteroatoms. The third-order valence-electron chi connectivity index (χ3n) is 1.57. The van der Waals surface area contributed by atoms with Gasteiger partial charge in [-0.15, -0.1) is 0 Å². The summed E-state index contributed by atoms with van der Waals surface area (Å²) in [6.07, 6.45) is 0. The summed E-state index contributed by atoms with van der Waals surface area (Å²) in [5, 5.41) is 2.20. The van der Waals surface area contributed by atoms with Crippen LogP contribution < -0.4 is 4.74 Å². The molecule has 15 heavy (non-hydrogen) atoms. The van der Waals surface area contributed by atoms with Gasteiger partial charge in [0.05, 0.1) is 5.02 Å². The van der Waals surface area contributed by atoms with Crippen LogP contribution in [0, 0.1) is 5.82 Å². The summed E-state index contributed by atoms with van der Waals surface area (Å²) < 4.78 is 18.6. The van der Waals surface area contributed by atoms with Crippen LogP contribution in [0.3, 0.4) is 0 Å². The summed E-state index contributed by atoms with van der Waals surface area (Å²) in [6, 6.07) is 4.51. The number of thiazole rings is 1. The first-order valence-electron chi connectivity index (χ1n) is 3.89. The van der Waals surface area contributed by atoms with Crippen LogP contribution in [0.5, 0.6) is 10.9 Å². The second kappa shape index (κ2) is 4.35. The van der Waals surface area contributed by atoms with Gasteiger partial charge in [0.15, 0.2) is 11.6 Å². The largest absolute Gasteiger partial charge is 0.428 e. The zero-order valence-corrected chi connectivity index (χ0v) is 9.54. The van der Waals surface area contributed by atoms with Gasteiger partial charge in [-0.2, -0.15) is 4.98 Å². The molecule has 78 valence electrons. The minimum Gasteiger partial charge on any atom is -0.428 e. The topological polar surface area (TPSA) is 22.1 Å². The van der Waals surface area contributed by atoms with E-state index in [1.54, 1.807) is 11.4 Å². The molecular formula is C9H4Cl2FNOS. The predicted molar refractivity (Wildman–Crippen MR) is 58.6 cm³/mol. The maximum absolute atomic E-state index is 13.4. The lowest BCUT2D eigenvalue weighted by atomic mass is 10.3. The molecule has 0 saturated heterocycles. The van der Waals surface area contributed by atoms with Crippen molar-refractivity contribution < 1.29 is 9.13 Å². The summed E-state index contributed by atoms with van der Waals surface area (Å²) in [5.41, 5.74) is 0. The Morgan fingerprint density at radius 3 is 2.80 bits per heavy atom. The lowest BCUT2D eigenvalue weighted by Crippen LogP contribution is -1.87. The summed E-state index contributed by atoms with van der Waals surface area (Å²) in [5.74, 6) is -0.570. The Balaban J connectivity index is 2.28. The highest BCUT2D eigenvalue weighted by Gasteiger charge is 2.10. The standard InChI is InChI=1S/C9H4Cl2FNOS/c10-5-2-1-3-6(8(5)12)14-9-13-7(11)4-15-9/h1-4H. The smallest absolute Gasteiger partial charge is 0.280 e. The van der Waals surface area contributed by atoms with Crippen LogP contribution in [0.1, 0.15) is 0 Å². The summed E-state index contributed by atoms with van der Waals surface area (Å²) in [6.45, 7) is 0. The Morgan fingerprint density at radius 1 is 1.33 bits per heavy atom. The maximum Gasteiger partial charge on any atom is 0.280 e.